The molecular formula is C17H27Cl3N2O4. The molecule has 0 bridgehead atoms. The Balaban J connectivity index is 0.000000896. The van der Waals surface area contributed by atoms with Crippen LogP contribution in [0.4, 0.5) is 0 Å². The first kappa shape index (κ1) is 25.0. The van der Waals surface area contributed by atoms with Crippen molar-refractivity contribution in [3.63, 3.8) is 0 Å². The normalized spacial score (nSPS) is 15.2. The summed E-state index contributed by atoms with van der Waals surface area (Å²) in [6.45, 7) is 7.58. The monoisotopic (exact) mass is 428 g/mol. The third-order valence-electron chi connectivity index (χ3n) is 3.46. The predicted molar refractivity (Wildman–Crippen MR) is 104 cm³/mol. The van der Waals surface area contributed by atoms with Gasteiger partial charge in [-0.2, -0.15) is 0 Å². The molecule has 0 saturated carbocycles. The van der Waals surface area contributed by atoms with E-state index in [1.807, 2.05) is 20.8 Å². The van der Waals surface area contributed by atoms with Crippen LogP contribution < -0.4 is 5.32 Å². The number of hydrogen-bond acceptors (Lipinski definition) is 4. The molecule has 1 atom stereocenters. The molecule has 0 saturated heterocycles. The highest BCUT2D eigenvalue weighted by atomic mass is 35.6. The Morgan fingerprint density at radius 3 is 2.19 bits per heavy atom. The molecule has 1 aliphatic heterocycles. The van der Waals surface area contributed by atoms with Crippen molar-refractivity contribution >= 4 is 52.5 Å². The molecule has 1 aliphatic rings. The van der Waals surface area contributed by atoms with E-state index in [-0.39, 0.29) is 24.3 Å². The van der Waals surface area contributed by atoms with Crippen molar-refractivity contribution in [2.24, 2.45) is 5.92 Å². The maximum atomic E-state index is 12.4. The highest BCUT2D eigenvalue weighted by Crippen LogP contribution is 2.28. The lowest BCUT2D eigenvalue weighted by Crippen LogP contribution is -2.49. The van der Waals surface area contributed by atoms with E-state index in [4.69, 9.17) is 39.5 Å². The summed E-state index contributed by atoms with van der Waals surface area (Å²) in [5.41, 5.74) is 0. The summed E-state index contributed by atoms with van der Waals surface area (Å²) in [5.74, 6) is -0.294. The van der Waals surface area contributed by atoms with E-state index in [2.05, 4.69) is 5.32 Å². The topological polar surface area (TPSA) is 75.7 Å². The number of hydrogen-bond donors (Lipinski definition) is 1. The largest absolute Gasteiger partial charge is 0.499 e. The van der Waals surface area contributed by atoms with Crippen LogP contribution in [0.15, 0.2) is 11.8 Å². The van der Waals surface area contributed by atoms with Crippen molar-refractivity contribution in [2.75, 3.05) is 13.7 Å². The second kappa shape index (κ2) is 11.7. The fourth-order valence-corrected chi connectivity index (χ4v) is 1.98. The molecule has 1 heterocycles. The van der Waals surface area contributed by atoms with Crippen LogP contribution in [0.5, 0.6) is 0 Å². The summed E-state index contributed by atoms with van der Waals surface area (Å²) < 4.78 is 3.94. The van der Waals surface area contributed by atoms with Gasteiger partial charge in [0.1, 0.15) is 11.8 Å². The van der Waals surface area contributed by atoms with E-state index >= 15 is 0 Å². The fourth-order valence-electron chi connectivity index (χ4n) is 1.98. The average Bonchev–Trinajstić information content (AvgIpc) is 2.93. The Kier molecular flexibility index (Phi) is 11.2. The van der Waals surface area contributed by atoms with Crippen molar-refractivity contribution in [1.29, 1.82) is 0 Å². The van der Waals surface area contributed by atoms with E-state index in [9.17, 15) is 14.4 Å². The summed E-state index contributed by atoms with van der Waals surface area (Å²) in [4.78, 5) is 36.8. The summed E-state index contributed by atoms with van der Waals surface area (Å²) in [6, 6.07) is -0.670. The lowest BCUT2D eigenvalue weighted by molar-refractivity contribution is -0.144. The zero-order valence-corrected chi connectivity index (χ0v) is 18.0. The number of carbonyl (C=O) groups excluding carboxylic acids is 3. The van der Waals surface area contributed by atoms with Gasteiger partial charge in [-0.25, -0.2) is 0 Å². The van der Waals surface area contributed by atoms with E-state index in [1.165, 1.54) is 13.2 Å². The van der Waals surface area contributed by atoms with Gasteiger partial charge in [0, 0.05) is 12.5 Å². The van der Waals surface area contributed by atoms with E-state index in [0.29, 0.717) is 25.0 Å². The molecule has 6 nitrogen and oxygen atoms in total. The standard InChI is InChI=1S/C14H22N2O4.C3H5Cl3/c1-5-12(17)15-11(6-9(2)3)14(19)16-8-10(20-4)7-13(16)18;1-2-3(4,5)6/h7,9,11H,5-6,8H2,1-4H3,(H,15,17);2H2,1H3. The number of carbonyl (C=O) groups is 3. The second-order valence-corrected chi connectivity index (χ2v) is 8.67. The van der Waals surface area contributed by atoms with Crippen molar-refractivity contribution in [3.8, 4) is 0 Å². The van der Waals surface area contributed by atoms with Gasteiger partial charge in [0.25, 0.3) is 11.8 Å². The molecule has 1 unspecified atom stereocenters. The maximum Gasteiger partial charge on any atom is 0.257 e. The molecule has 0 aromatic rings. The molecule has 0 aromatic heterocycles. The van der Waals surface area contributed by atoms with Crippen LogP contribution in [0.25, 0.3) is 0 Å². The van der Waals surface area contributed by atoms with Gasteiger partial charge in [-0.15, -0.1) is 0 Å². The van der Waals surface area contributed by atoms with Gasteiger partial charge in [0.2, 0.25) is 5.91 Å². The van der Waals surface area contributed by atoms with Crippen LogP contribution in [0.3, 0.4) is 0 Å². The molecule has 150 valence electrons. The molecule has 3 amide bonds. The number of imide groups is 1. The Morgan fingerprint density at radius 2 is 1.85 bits per heavy atom. The minimum atomic E-state index is -1.04. The summed E-state index contributed by atoms with van der Waals surface area (Å²) >= 11 is 15.7. The van der Waals surface area contributed by atoms with Gasteiger partial charge < -0.3 is 10.1 Å². The fraction of sp³-hybridized carbons (Fsp3) is 0.706. The smallest absolute Gasteiger partial charge is 0.257 e. The number of halogens is 3. The van der Waals surface area contributed by atoms with Gasteiger partial charge >= 0.3 is 0 Å². The lowest BCUT2D eigenvalue weighted by atomic mass is 10.0. The molecule has 1 N–H and O–H groups in total. The van der Waals surface area contributed by atoms with Gasteiger partial charge in [-0.3, -0.25) is 19.3 Å². The van der Waals surface area contributed by atoms with Crippen molar-refractivity contribution in [2.45, 2.75) is 56.8 Å². The average molecular weight is 430 g/mol. The van der Waals surface area contributed by atoms with Crippen LogP contribution in [0, 0.1) is 5.92 Å². The Morgan fingerprint density at radius 1 is 1.31 bits per heavy atom. The summed E-state index contributed by atoms with van der Waals surface area (Å²) in [6.07, 6.45) is 2.66. The van der Waals surface area contributed by atoms with E-state index < -0.39 is 15.7 Å². The minimum absolute atomic E-state index is 0.130. The van der Waals surface area contributed by atoms with Gasteiger partial charge in [0.15, 0.2) is 3.79 Å². The Hall–Kier alpha value is -0.980. The number of alkyl halides is 3. The number of ether oxygens (including phenoxy) is 1. The van der Waals surface area contributed by atoms with Crippen molar-refractivity contribution < 1.29 is 19.1 Å². The van der Waals surface area contributed by atoms with Crippen molar-refractivity contribution in [3.05, 3.63) is 11.8 Å². The van der Waals surface area contributed by atoms with E-state index in [1.54, 1.807) is 6.92 Å². The number of rotatable bonds is 6. The third kappa shape index (κ3) is 9.64. The van der Waals surface area contributed by atoms with Gasteiger partial charge in [0.05, 0.1) is 13.7 Å². The minimum Gasteiger partial charge on any atom is -0.499 e. The van der Waals surface area contributed by atoms with Crippen LogP contribution in [-0.4, -0.2) is 46.1 Å². The van der Waals surface area contributed by atoms with Gasteiger partial charge in [-0.1, -0.05) is 62.5 Å². The quantitative estimate of drug-likeness (QED) is 0.655. The van der Waals surface area contributed by atoms with Crippen LogP contribution in [-0.2, 0) is 19.1 Å². The predicted octanol–water partition coefficient (Wildman–Crippen LogP) is 3.59. The van der Waals surface area contributed by atoms with E-state index in [0.717, 1.165) is 4.90 Å². The molecule has 0 spiro atoms. The Labute approximate surface area is 170 Å². The van der Waals surface area contributed by atoms with Crippen LogP contribution in [0.2, 0.25) is 0 Å². The first-order valence-corrected chi connectivity index (χ1v) is 9.54. The van der Waals surface area contributed by atoms with Crippen LogP contribution in [0.1, 0.15) is 47.0 Å². The summed E-state index contributed by atoms with van der Waals surface area (Å²) in [7, 11) is 1.46. The zero-order valence-electron chi connectivity index (χ0n) is 15.8. The van der Waals surface area contributed by atoms with Crippen LogP contribution >= 0.6 is 34.8 Å². The summed E-state index contributed by atoms with van der Waals surface area (Å²) in [5, 5.41) is 2.68. The third-order valence-corrected chi connectivity index (χ3v) is 4.26. The molecule has 0 aromatic carbocycles. The maximum absolute atomic E-state index is 12.4. The molecule has 0 fully saturated rings. The zero-order chi connectivity index (χ0) is 20.5. The molecule has 9 heteroatoms. The number of nitrogens with zero attached hydrogens (tertiary/aromatic N) is 1. The first-order chi connectivity index (χ1) is 11.9. The molecule has 26 heavy (non-hydrogen) atoms. The first-order valence-electron chi connectivity index (χ1n) is 8.41. The number of methoxy groups -OCH3 is 1. The molecule has 0 radical (unpaired) electrons. The molecule has 1 rings (SSSR count). The lowest BCUT2D eigenvalue weighted by Gasteiger charge is -2.24. The highest BCUT2D eigenvalue weighted by Gasteiger charge is 2.33. The molecular weight excluding hydrogens is 403 g/mol. The van der Waals surface area contributed by atoms with Gasteiger partial charge in [-0.05, 0) is 18.8 Å². The van der Waals surface area contributed by atoms with Crippen molar-refractivity contribution in [1.82, 2.24) is 10.2 Å². The highest BCUT2D eigenvalue weighted by molar-refractivity contribution is 6.67. The molecule has 0 aliphatic carbocycles. The SMILES string of the molecule is CCC(=O)NC(CC(C)C)C(=O)N1CC(OC)=CC1=O.CCC(Cl)(Cl)Cl. The Bertz CT molecular complexity index is 531. The number of amides is 3. The number of nitrogens with one attached hydrogen (secondary N) is 1. The second-order valence-electron chi connectivity index (χ2n) is 6.15.